The number of carbonyl (C=O) groups is 1. The highest BCUT2D eigenvalue weighted by molar-refractivity contribution is 6.36. The Hall–Kier alpha value is -2.09. The van der Waals surface area contributed by atoms with Gasteiger partial charge in [-0.25, -0.2) is 0 Å². The predicted octanol–water partition coefficient (Wildman–Crippen LogP) is 3.61. The molecular weight excluding hydrogens is 297 g/mol. The molecule has 1 atom stereocenters. The summed E-state index contributed by atoms with van der Waals surface area (Å²) in [5, 5.41) is 10.1. The number of nitrogens with zero attached hydrogens (tertiary/aromatic N) is 3. The van der Waals surface area contributed by atoms with Crippen LogP contribution in [0, 0.1) is 11.3 Å². The van der Waals surface area contributed by atoms with Crippen LogP contribution in [-0.4, -0.2) is 10.9 Å². The van der Waals surface area contributed by atoms with Crippen molar-refractivity contribution in [1.29, 1.82) is 5.26 Å². The summed E-state index contributed by atoms with van der Waals surface area (Å²) in [6.07, 6.45) is 3.13. The van der Waals surface area contributed by atoms with Gasteiger partial charge in [0.1, 0.15) is 0 Å². The number of hydrogen-bond donors (Lipinski definition) is 0. The molecule has 98 valence electrons. The lowest BCUT2D eigenvalue weighted by Gasteiger charge is -2.19. The van der Waals surface area contributed by atoms with Crippen molar-refractivity contribution in [3.63, 3.8) is 0 Å². The topological polar surface area (TPSA) is 57.0 Å². The van der Waals surface area contributed by atoms with Crippen LogP contribution in [0.1, 0.15) is 22.0 Å². The highest BCUT2D eigenvalue weighted by Gasteiger charge is 2.39. The molecular formula is C14H7Cl2N3O. The van der Waals surface area contributed by atoms with Crippen molar-refractivity contribution in [2.45, 2.75) is 6.04 Å². The zero-order valence-corrected chi connectivity index (χ0v) is 11.6. The number of halogens is 2. The summed E-state index contributed by atoms with van der Waals surface area (Å²) in [5.41, 5.74) is 1.40. The fourth-order valence-electron chi connectivity index (χ4n) is 2.30. The van der Waals surface area contributed by atoms with Crippen LogP contribution in [0.4, 0.5) is 5.69 Å². The van der Waals surface area contributed by atoms with Crippen LogP contribution in [0.25, 0.3) is 0 Å². The number of rotatable bonds is 1. The number of hydrogen-bond acceptors (Lipinski definition) is 3. The number of carbonyl (C=O) groups excluding carboxylic acids is 1. The standard InChI is InChI=1S/C14H7Cl2N3O/c15-8-4-10-13(11(16)5-8)12(6-17)19(14(10)20)9-2-1-3-18-7-9/h1-5,7,12H. The Labute approximate surface area is 125 Å². The maximum atomic E-state index is 12.5. The average Bonchev–Trinajstić information content (AvgIpc) is 2.73. The lowest BCUT2D eigenvalue weighted by molar-refractivity contribution is 0.0994. The molecule has 1 unspecified atom stereocenters. The fraction of sp³-hybridized carbons (Fsp3) is 0.0714. The van der Waals surface area contributed by atoms with Crippen molar-refractivity contribution in [3.05, 3.63) is 57.8 Å². The van der Waals surface area contributed by atoms with E-state index >= 15 is 0 Å². The molecule has 0 saturated carbocycles. The molecule has 1 amide bonds. The molecule has 0 saturated heterocycles. The molecule has 2 heterocycles. The first-order chi connectivity index (χ1) is 9.63. The van der Waals surface area contributed by atoms with Crippen molar-refractivity contribution in [1.82, 2.24) is 4.98 Å². The fourth-order valence-corrected chi connectivity index (χ4v) is 2.90. The molecule has 6 heteroatoms. The summed E-state index contributed by atoms with van der Waals surface area (Å²) in [6.45, 7) is 0. The van der Waals surface area contributed by atoms with E-state index in [0.29, 0.717) is 26.9 Å². The van der Waals surface area contributed by atoms with Gasteiger partial charge in [0.05, 0.1) is 18.0 Å². The summed E-state index contributed by atoms with van der Waals surface area (Å²) in [7, 11) is 0. The molecule has 20 heavy (non-hydrogen) atoms. The molecule has 0 bridgehead atoms. The third-order valence-corrected chi connectivity index (χ3v) is 3.65. The quantitative estimate of drug-likeness (QED) is 0.808. The molecule has 3 rings (SSSR count). The third kappa shape index (κ3) is 1.83. The van der Waals surface area contributed by atoms with Gasteiger partial charge in [-0.15, -0.1) is 0 Å². The van der Waals surface area contributed by atoms with Crippen LogP contribution in [-0.2, 0) is 0 Å². The first-order valence-corrected chi connectivity index (χ1v) is 6.51. The Balaban J connectivity index is 2.21. The molecule has 0 spiro atoms. The number of fused-ring (bicyclic) bond motifs is 1. The summed E-state index contributed by atoms with van der Waals surface area (Å²) >= 11 is 12.1. The van der Waals surface area contributed by atoms with Crippen molar-refractivity contribution < 1.29 is 4.79 Å². The molecule has 0 N–H and O–H groups in total. The smallest absolute Gasteiger partial charge is 0.260 e. The molecule has 0 radical (unpaired) electrons. The number of nitriles is 1. The Morgan fingerprint density at radius 2 is 2.15 bits per heavy atom. The minimum Gasteiger partial charge on any atom is -0.286 e. The van der Waals surface area contributed by atoms with Gasteiger partial charge in [0.15, 0.2) is 6.04 Å². The van der Waals surface area contributed by atoms with Crippen LogP contribution < -0.4 is 4.90 Å². The first kappa shape index (κ1) is 12.9. The first-order valence-electron chi connectivity index (χ1n) is 5.75. The predicted molar refractivity (Wildman–Crippen MR) is 75.9 cm³/mol. The second kappa shape index (κ2) is 4.78. The maximum absolute atomic E-state index is 12.5. The van der Waals surface area contributed by atoms with E-state index in [1.807, 2.05) is 0 Å². The van der Waals surface area contributed by atoms with E-state index in [-0.39, 0.29) is 5.91 Å². The molecule has 1 aromatic carbocycles. The van der Waals surface area contributed by atoms with Gasteiger partial charge < -0.3 is 0 Å². The molecule has 2 aromatic rings. The lowest BCUT2D eigenvalue weighted by atomic mass is 10.1. The van der Waals surface area contributed by atoms with Gasteiger partial charge in [0.2, 0.25) is 0 Å². The van der Waals surface area contributed by atoms with Crippen molar-refractivity contribution >= 4 is 34.8 Å². The van der Waals surface area contributed by atoms with Crippen LogP contribution in [0.2, 0.25) is 10.0 Å². The van der Waals surface area contributed by atoms with E-state index in [9.17, 15) is 10.1 Å². The van der Waals surface area contributed by atoms with E-state index in [4.69, 9.17) is 23.2 Å². The third-order valence-electron chi connectivity index (χ3n) is 3.12. The van der Waals surface area contributed by atoms with Gasteiger partial charge >= 0.3 is 0 Å². The second-order valence-corrected chi connectivity index (χ2v) is 5.11. The SMILES string of the molecule is N#CC1c2c(Cl)cc(Cl)cc2C(=O)N1c1cccnc1. The Kier molecular flexibility index (Phi) is 3.09. The van der Waals surface area contributed by atoms with E-state index in [1.54, 1.807) is 18.3 Å². The van der Waals surface area contributed by atoms with E-state index in [0.717, 1.165) is 0 Å². The number of amides is 1. The largest absolute Gasteiger partial charge is 0.286 e. The summed E-state index contributed by atoms with van der Waals surface area (Å²) in [4.78, 5) is 17.8. The van der Waals surface area contributed by atoms with E-state index in [1.165, 1.54) is 23.2 Å². The molecule has 1 aliphatic rings. The number of benzene rings is 1. The van der Waals surface area contributed by atoms with Gasteiger partial charge in [0, 0.05) is 27.4 Å². The highest BCUT2D eigenvalue weighted by Crippen LogP contribution is 2.41. The van der Waals surface area contributed by atoms with Crippen molar-refractivity contribution in [2.24, 2.45) is 0 Å². The lowest BCUT2D eigenvalue weighted by Crippen LogP contribution is -2.27. The van der Waals surface area contributed by atoms with Crippen molar-refractivity contribution in [3.8, 4) is 6.07 Å². The molecule has 4 nitrogen and oxygen atoms in total. The van der Waals surface area contributed by atoms with Crippen LogP contribution >= 0.6 is 23.2 Å². The van der Waals surface area contributed by atoms with Gasteiger partial charge in [0.25, 0.3) is 5.91 Å². The maximum Gasteiger partial charge on any atom is 0.260 e. The Morgan fingerprint density at radius 3 is 2.80 bits per heavy atom. The highest BCUT2D eigenvalue weighted by atomic mass is 35.5. The summed E-state index contributed by atoms with van der Waals surface area (Å²) in [6, 6.07) is 7.83. The number of aromatic nitrogens is 1. The Bertz CT molecular complexity index is 740. The van der Waals surface area contributed by atoms with Gasteiger partial charge in [-0.1, -0.05) is 23.2 Å². The Morgan fingerprint density at radius 1 is 1.35 bits per heavy atom. The monoisotopic (exact) mass is 303 g/mol. The zero-order valence-electron chi connectivity index (χ0n) is 10.0. The zero-order chi connectivity index (χ0) is 14.3. The summed E-state index contributed by atoms with van der Waals surface area (Å²) < 4.78 is 0. The minimum atomic E-state index is -0.772. The normalized spacial score (nSPS) is 16.9. The summed E-state index contributed by atoms with van der Waals surface area (Å²) in [5.74, 6) is -0.302. The number of pyridine rings is 1. The molecule has 0 aliphatic carbocycles. The van der Waals surface area contributed by atoms with Crippen LogP contribution in [0.15, 0.2) is 36.7 Å². The van der Waals surface area contributed by atoms with E-state index in [2.05, 4.69) is 11.1 Å². The molecule has 1 aliphatic heterocycles. The van der Waals surface area contributed by atoms with Gasteiger partial charge in [-0.2, -0.15) is 5.26 Å². The molecule has 1 aromatic heterocycles. The van der Waals surface area contributed by atoms with Crippen molar-refractivity contribution in [2.75, 3.05) is 4.90 Å². The number of anilines is 1. The van der Waals surface area contributed by atoms with Gasteiger partial charge in [-0.05, 0) is 24.3 Å². The van der Waals surface area contributed by atoms with Crippen LogP contribution in [0.3, 0.4) is 0 Å². The van der Waals surface area contributed by atoms with Crippen LogP contribution in [0.5, 0.6) is 0 Å². The minimum absolute atomic E-state index is 0.302. The molecule has 0 fully saturated rings. The second-order valence-electron chi connectivity index (χ2n) is 4.27. The van der Waals surface area contributed by atoms with Gasteiger partial charge in [-0.3, -0.25) is 14.7 Å². The van der Waals surface area contributed by atoms with E-state index < -0.39 is 6.04 Å². The average molecular weight is 304 g/mol.